The summed E-state index contributed by atoms with van der Waals surface area (Å²) in [5.74, 6) is -0.735. The highest BCUT2D eigenvalue weighted by molar-refractivity contribution is 7.80. The van der Waals surface area contributed by atoms with E-state index in [0.717, 1.165) is 18.2 Å². The highest BCUT2D eigenvalue weighted by atomic mass is 32.1. The minimum atomic E-state index is -4.52. The maximum Gasteiger partial charge on any atom is 0.416 e. The summed E-state index contributed by atoms with van der Waals surface area (Å²) in [5, 5.41) is 16.1. The van der Waals surface area contributed by atoms with E-state index in [9.17, 15) is 28.1 Å². The molecule has 1 aliphatic heterocycles. The fourth-order valence-electron chi connectivity index (χ4n) is 2.99. The maximum atomic E-state index is 12.8. The van der Waals surface area contributed by atoms with E-state index in [1.54, 1.807) is 4.90 Å². The molecule has 164 valence electrons. The fraction of sp³-hybridized carbons (Fsp3) is 0.263. The predicted molar refractivity (Wildman–Crippen MR) is 111 cm³/mol. The van der Waals surface area contributed by atoms with Gasteiger partial charge in [0.15, 0.2) is 5.11 Å². The van der Waals surface area contributed by atoms with Gasteiger partial charge in [0.1, 0.15) is 5.69 Å². The van der Waals surface area contributed by atoms with Gasteiger partial charge in [0, 0.05) is 30.4 Å². The number of nitrogens with zero attached hydrogens (tertiary/aromatic N) is 2. The Balaban J connectivity index is 1.72. The van der Waals surface area contributed by atoms with Gasteiger partial charge in [0.25, 0.3) is 11.6 Å². The molecule has 8 nitrogen and oxygen atoms in total. The molecular weight excluding hydrogens is 437 g/mol. The molecule has 1 fully saturated rings. The molecule has 0 saturated carbocycles. The molecule has 0 bridgehead atoms. The van der Waals surface area contributed by atoms with Crippen LogP contribution in [0.1, 0.15) is 15.9 Å². The molecule has 0 aromatic heterocycles. The largest absolute Gasteiger partial charge is 0.416 e. The van der Waals surface area contributed by atoms with Gasteiger partial charge in [-0.2, -0.15) is 13.2 Å². The first kappa shape index (κ1) is 22.4. The standard InChI is InChI=1S/C19H17F3N4O4S/c20-19(21,22)13-2-1-3-14(11-13)23-18(31)24-17(27)12-4-5-15(16(10-12)26(28)29)25-6-8-30-9-7-25/h1-5,10-11H,6-9H2,(H2,23,24,27,31). The number of nitro groups is 1. The van der Waals surface area contributed by atoms with Gasteiger partial charge in [-0.1, -0.05) is 6.07 Å². The Hall–Kier alpha value is -3.25. The first-order valence-corrected chi connectivity index (χ1v) is 9.47. The van der Waals surface area contributed by atoms with Crippen molar-refractivity contribution in [3.63, 3.8) is 0 Å². The molecule has 0 aliphatic carbocycles. The molecule has 0 radical (unpaired) electrons. The molecule has 2 N–H and O–H groups in total. The molecule has 1 heterocycles. The Morgan fingerprint density at radius 2 is 1.87 bits per heavy atom. The van der Waals surface area contributed by atoms with Crippen LogP contribution in [0.2, 0.25) is 0 Å². The second-order valence-corrected chi connectivity index (χ2v) is 6.96. The first-order chi connectivity index (χ1) is 14.6. The topological polar surface area (TPSA) is 96.7 Å². The number of carbonyl (C=O) groups excluding carboxylic acids is 1. The summed E-state index contributed by atoms with van der Waals surface area (Å²) in [4.78, 5) is 25.2. The number of morpholine rings is 1. The van der Waals surface area contributed by atoms with Crippen LogP contribution in [0.15, 0.2) is 42.5 Å². The number of halogens is 3. The number of nitro benzene ring substituents is 1. The summed E-state index contributed by atoms with van der Waals surface area (Å²) >= 11 is 4.98. The van der Waals surface area contributed by atoms with Crippen LogP contribution < -0.4 is 15.5 Å². The lowest BCUT2D eigenvalue weighted by Gasteiger charge is -2.28. The summed E-state index contributed by atoms with van der Waals surface area (Å²) in [6.45, 7) is 1.85. The molecule has 12 heteroatoms. The van der Waals surface area contributed by atoms with Gasteiger partial charge in [0.2, 0.25) is 0 Å². The van der Waals surface area contributed by atoms with E-state index in [2.05, 4.69) is 10.6 Å². The number of benzene rings is 2. The number of carbonyl (C=O) groups is 1. The molecule has 31 heavy (non-hydrogen) atoms. The average molecular weight is 454 g/mol. The van der Waals surface area contributed by atoms with Gasteiger partial charge in [-0.3, -0.25) is 20.2 Å². The molecule has 0 unspecified atom stereocenters. The Morgan fingerprint density at radius 3 is 2.52 bits per heavy atom. The SMILES string of the molecule is O=C(NC(=S)Nc1cccc(C(F)(F)F)c1)c1ccc(N2CCOCC2)c([N+](=O)[O-])c1. The van der Waals surface area contributed by atoms with E-state index in [1.807, 2.05) is 0 Å². The lowest BCUT2D eigenvalue weighted by atomic mass is 10.1. The number of anilines is 2. The molecule has 1 saturated heterocycles. The normalized spacial score (nSPS) is 14.1. The first-order valence-electron chi connectivity index (χ1n) is 9.06. The van der Waals surface area contributed by atoms with E-state index in [4.69, 9.17) is 17.0 Å². The van der Waals surface area contributed by atoms with Crippen molar-refractivity contribution >= 4 is 40.3 Å². The van der Waals surface area contributed by atoms with E-state index in [0.29, 0.717) is 32.0 Å². The monoisotopic (exact) mass is 454 g/mol. The zero-order valence-electron chi connectivity index (χ0n) is 15.9. The second-order valence-electron chi connectivity index (χ2n) is 6.55. The van der Waals surface area contributed by atoms with Crippen LogP contribution in [-0.2, 0) is 10.9 Å². The van der Waals surface area contributed by atoms with Gasteiger partial charge in [0.05, 0.1) is 23.7 Å². The lowest BCUT2D eigenvalue weighted by Crippen LogP contribution is -2.37. The summed E-state index contributed by atoms with van der Waals surface area (Å²) in [7, 11) is 0. The zero-order valence-corrected chi connectivity index (χ0v) is 16.8. The molecule has 2 aromatic carbocycles. The van der Waals surface area contributed by atoms with E-state index in [-0.39, 0.29) is 22.1 Å². The molecule has 3 rings (SSSR count). The fourth-order valence-corrected chi connectivity index (χ4v) is 3.20. The molecule has 0 spiro atoms. The van der Waals surface area contributed by atoms with Crippen LogP contribution in [0.4, 0.5) is 30.2 Å². The molecule has 0 atom stereocenters. The van der Waals surface area contributed by atoms with Crippen LogP contribution in [0.5, 0.6) is 0 Å². The van der Waals surface area contributed by atoms with Crippen molar-refractivity contribution in [2.24, 2.45) is 0 Å². The van der Waals surface area contributed by atoms with Gasteiger partial charge in [-0.15, -0.1) is 0 Å². The van der Waals surface area contributed by atoms with Gasteiger partial charge >= 0.3 is 6.18 Å². The lowest BCUT2D eigenvalue weighted by molar-refractivity contribution is -0.384. The van der Waals surface area contributed by atoms with Crippen LogP contribution in [0.3, 0.4) is 0 Å². The third kappa shape index (κ3) is 5.67. The van der Waals surface area contributed by atoms with E-state index >= 15 is 0 Å². The quantitative estimate of drug-likeness (QED) is 0.414. The molecular formula is C19H17F3N4O4S. The van der Waals surface area contributed by atoms with E-state index in [1.165, 1.54) is 24.3 Å². The number of thiocarbonyl (C=S) groups is 1. The molecule has 1 amide bonds. The zero-order chi connectivity index (χ0) is 22.6. The molecule has 1 aliphatic rings. The van der Waals surface area contributed by atoms with Gasteiger partial charge in [-0.25, -0.2) is 0 Å². The van der Waals surface area contributed by atoms with Crippen molar-refractivity contribution in [2.75, 3.05) is 36.5 Å². The minimum absolute atomic E-state index is 0.0168. The summed E-state index contributed by atoms with van der Waals surface area (Å²) in [6.07, 6.45) is -4.52. The van der Waals surface area contributed by atoms with Crippen LogP contribution >= 0.6 is 12.2 Å². The van der Waals surface area contributed by atoms with Crippen molar-refractivity contribution in [1.82, 2.24) is 5.32 Å². The number of nitrogens with one attached hydrogen (secondary N) is 2. The second kappa shape index (κ2) is 9.27. The number of hydrogen-bond acceptors (Lipinski definition) is 6. The highest BCUT2D eigenvalue weighted by Crippen LogP contribution is 2.31. The number of amides is 1. The number of hydrogen-bond donors (Lipinski definition) is 2. The Kier molecular flexibility index (Phi) is 6.71. The summed E-state index contributed by atoms with van der Waals surface area (Å²) < 4.78 is 43.7. The number of alkyl halides is 3. The third-order valence-corrected chi connectivity index (χ3v) is 4.67. The van der Waals surface area contributed by atoms with Crippen molar-refractivity contribution in [2.45, 2.75) is 6.18 Å². The Morgan fingerprint density at radius 1 is 1.16 bits per heavy atom. The van der Waals surface area contributed by atoms with Crippen LogP contribution in [-0.4, -0.2) is 42.2 Å². The van der Waals surface area contributed by atoms with Crippen molar-refractivity contribution in [3.8, 4) is 0 Å². The smallest absolute Gasteiger partial charge is 0.378 e. The summed E-state index contributed by atoms with van der Waals surface area (Å²) in [6, 6.07) is 8.33. The minimum Gasteiger partial charge on any atom is -0.378 e. The predicted octanol–water partition coefficient (Wildman–Crippen LogP) is 3.58. The number of ether oxygens (including phenoxy) is 1. The van der Waals surface area contributed by atoms with Crippen LogP contribution in [0, 0.1) is 10.1 Å². The van der Waals surface area contributed by atoms with Gasteiger partial charge in [-0.05, 0) is 42.5 Å². The van der Waals surface area contributed by atoms with Crippen molar-refractivity contribution < 1.29 is 27.6 Å². The maximum absolute atomic E-state index is 12.8. The van der Waals surface area contributed by atoms with Gasteiger partial charge < -0.3 is 15.0 Å². The van der Waals surface area contributed by atoms with Crippen molar-refractivity contribution in [3.05, 3.63) is 63.7 Å². The van der Waals surface area contributed by atoms with E-state index < -0.39 is 22.6 Å². The Labute approximate surface area is 180 Å². The third-order valence-electron chi connectivity index (χ3n) is 4.46. The van der Waals surface area contributed by atoms with Crippen molar-refractivity contribution in [1.29, 1.82) is 0 Å². The summed E-state index contributed by atoms with van der Waals surface area (Å²) in [5.41, 5.74) is -0.729. The Bertz CT molecular complexity index is 1010. The van der Waals surface area contributed by atoms with Crippen LogP contribution in [0.25, 0.3) is 0 Å². The molecule has 2 aromatic rings. The highest BCUT2D eigenvalue weighted by Gasteiger charge is 2.30. The average Bonchev–Trinajstić information content (AvgIpc) is 2.73. The number of rotatable bonds is 4.